The van der Waals surface area contributed by atoms with Crippen LogP contribution in [0.25, 0.3) is 0 Å². The lowest BCUT2D eigenvalue weighted by molar-refractivity contribution is -0.118. The predicted octanol–water partition coefficient (Wildman–Crippen LogP) is 2.68. The molecule has 2 aromatic heterocycles. The van der Waals surface area contributed by atoms with Crippen LogP contribution in [0.3, 0.4) is 0 Å². The van der Waals surface area contributed by atoms with Crippen LogP contribution in [-0.2, 0) is 4.79 Å². The van der Waals surface area contributed by atoms with Gasteiger partial charge in [-0.05, 0) is 55.7 Å². The monoisotopic (exact) mass is 451 g/mol. The lowest BCUT2D eigenvalue weighted by Crippen LogP contribution is -2.26. The molecule has 0 saturated carbocycles. The highest BCUT2D eigenvalue weighted by atomic mass is 32.1. The van der Waals surface area contributed by atoms with Crippen molar-refractivity contribution >= 4 is 42.0 Å². The number of nitrogens with zero attached hydrogens (tertiary/aromatic N) is 5. The predicted molar refractivity (Wildman–Crippen MR) is 125 cm³/mol. The van der Waals surface area contributed by atoms with Crippen molar-refractivity contribution in [3.05, 3.63) is 66.7 Å². The van der Waals surface area contributed by atoms with Gasteiger partial charge in [0.2, 0.25) is 17.8 Å². The number of carbonyl (C=O) groups is 2. The largest absolute Gasteiger partial charge is 0.355 e. The van der Waals surface area contributed by atoms with E-state index in [4.69, 9.17) is 0 Å². The number of benzene rings is 1. The molecule has 3 rings (SSSR count). The molecule has 0 bridgehead atoms. The Bertz CT molecular complexity index is 949. The number of rotatable bonds is 11. The molecule has 0 unspecified atom stereocenters. The number of aromatic nitrogens is 4. The van der Waals surface area contributed by atoms with Gasteiger partial charge in [-0.3, -0.25) is 9.59 Å². The average Bonchev–Trinajstić information content (AvgIpc) is 2.85. The number of nitrogens with one attached hydrogen (secondary N) is 2. The number of anilines is 3. The summed E-state index contributed by atoms with van der Waals surface area (Å²) in [5.41, 5.74) is 1.29. The van der Waals surface area contributed by atoms with Crippen LogP contribution >= 0.6 is 12.6 Å². The van der Waals surface area contributed by atoms with E-state index in [1.807, 2.05) is 12.1 Å². The van der Waals surface area contributed by atoms with Crippen LogP contribution in [0, 0.1) is 0 Å². The van der Waals surface area contributed by atoms with E-state index in [0.29, 0.717) is 30.5 Å². The van der Waals surface area contributed by atoms with Crippen LogP contribution < -0.4 is 15.5 Å². The first-order valence-electron chi connectivity index (χ1n) is 10.3. The van der Waals surface area contributed by atoms with E-state index in [1.54, 1.807) is 54.0 Å². The Morgan fingerprint density at radius 2 is 1.31 bits per heavy atom. The third-order valence-corrected chi connectivity index (χ3v) is 4.78. The molecule has 9 nitrogen and oxygen atoms in total. The fourth-order valence-corrected chi connectivity index (χ4v) is 3.02. The summed E-state index contributed by atoms with van der Waals surface area (Å²) in [6, 6.07) is 10.6. The molecule has 0 aliphatic heterocycles. The molecule has 0 saturated heterocycles. The maximum absolute atomic E-state index is 12.4. The highest BCUT2D eigenvalue weighted by Crippen LogP contribution is 2.28. The molecular formula is C22H25N7O2S. The molecule has 2 amide bonds. The summed E-state index contributed by atoms with van der Waals surface area (Å²) in [6.07, 6.45) is 9.20. The van der Waals surface area contributed by atoms with Gasteiger partial charge in [0, 0.05) is 43.4 Å². The maximum Gasteiger partial charge on any atom is 0.251 e. The zero-order chi connectivity index (χ0) is 22.6. The minimum Gasteiger partial charge on any atom is -0.355 e. The van der Waals surface area contributed by atoms with Crippen molar-refractivity contribution in [2.24, 2.45) is 0 Å². The van der Waals surface area contributed by atoms with E-state index in [0.717, 1.165) is 24.9 Å². The van der Waals surface area contributed by atoms with Gasteiger partial charge in [0.15, 0.2) is 0 Å². The standard InChI is InChI=1S/C22H25N7O2S/c30-19(16-32)23-10-2-1-3-11-24-20(31)17-6-8-18(9-7-17)29(21-25-12-4-13-26-21)22-27-14-5-15-28-22/h4-9,12-15,32H,1-3,10-11,16H2,(H,23,30)(H,24,31). The quantitative estimate of drug-likeness (QED) is 0.303. The second-order valence-corrected chi connectivity index (χ2v) is 7.12. The van der Waals surface area contributed by atoms with E-state index in [9.17, 15) is 9.59 Å². The second kappa shape index (κ2) is 12.4. The summed E-state index contributed by atoms with van der Waals surface area (Å²) in [6.45, 7) is 1.20. The third kappa shape index (κ3) is 6.74. The van der Waals surface area contributed by atoms with Gasteiger partial charge in [0.25, 0.3) is 5.91 Å². The van der Waals surface area contributed by atoms with Gasteiger partial charge in [-0.15, -0.1) is 0 Å². The number of carbonyl (C=O) groups excluding carboxylic acids is 2. The molecule has 32 heavy (non-hydrogen) atoms. The lowest BCUT2D eigenvalue weighted by atomic mass is 10.1. The smallest absolute Gasteiger partial charge is 0.251 e. The molecule has 166 valence electrons. The molecule has 3 aromatic rings. The molecule has 0 aliphatic carbocycles. The Kier molecular flexibility index (Phi) is 8.93. The maximum atomic E-state index is 12.4. The fraction of sp³-hybridized carbons (Fsp3) is 0.273. The number of unbranched alkanes of at least 4 members (excludes halogenated alkanes) is 2. The minimum atomic E-state index is -0.140. The molecule has 0 radical (unpaired) electrons. The van der Waals surface area contributed by atoms with Gasteiger partial charge in [-0.2, -0.15) is 12.6 Å². The Hall–Kier alpha value is -3.53. The molecule has 0 fully saturated rings. The summed E-state index contributed by atoms with van der Waals surface area (Å²) >= 11 is 3.91. The summed E-state index contributed by atoms with van der Waals surface area (Å²) in [5, 5.41) is 5.69. The van der Waals surface area contributed by atoms with Crippen LogP contribution in [0.15, 0.2) is 61.2 Å². The fourth-order valence-electron chi connectivity index (χ4n) is 2.91. The number of hydrogen-bond acceptors (Lipinski definition) is 8. The second-order valence-electron chi connectivity index (χ2n) is 6.80. The summed E-state index contributed by atoms with van der Waals surface area (Å²) in [4.78, 5) is 42.5. The number of amides is 2. The summed E-state index contributed by atoms with van der Waals surface area (Å²) in [7, 11) is 0. The van der Waals surface area contributed by atoms with Crippen molar-refractivity contribution in [1.82, 2.24) is 30.6 Å². The third-order valence-electron chi connectivity index (χ3n) is 4.50. The van der Waals surface area contributed by atoms with Crippen molar-refractivity contribution in [1.29, 1.82) is 0 Å². The molecular weight excluding hydrogens is 426 g/mol. The van der Waals surface area contributed by atoms with Crippen molar-refractivity contribution < 1.29 is 9.59 Å². The highest BCUT2D eigenvalue weighted by molar-refractivity contribution is 7.81. The van der Waals surface area contributed by atoms with Crippen molar-refractivity contribution in [3.8, 4) is 0 Å². The van der Waals surface area contributed by atoms with E-state index in [1.165, 1.54) is 0 Å². The molecule has 0 aliphatic rings. The average molecular weight is 452 g/mol. The molecule has 0 atom stereocenters. The van der Waals surface area contributed by atoms with Crippen molar-refractivity contribution in [3.63, 3.8) is 0 Å². The van der Waals surface area contributed by atoms with Crippen molar-refractivity contribution in [2.75, 3.05) is 23.7 Å². The van der Waals surface area contributed by atoms with E-state index in [2.05, 4.69) is 43.2 Å². The van der Waals surface area contributed by atoms with Gasteiger partial charge >= 0.3 is 0 Å². The van der Waals surface area contributed by atoms with Crippen LogP contribution in [-0.4, -0.2) is 50.6 Å². The van der Waals surface area contributed by atoms with Crippen LogP contribution in [0.2, 0.25) is 0 Å². The zero-order valence-corrected chi connectivity index (χ0v) is 18.4. The normalized spacial score (nSPS) is 10.4. The first-order chi connectivity index (χ1) is 15.7. The van der Waals surface area contributed by atoms with E-state index in [-0.39, 0.29) is 17.6 Å². The van der Waals surface area contributed by atoms with Crippen LogP contribution in [0.4, 0.5) is 17.6 Å². The topological polar surface area (TPSA) is 113 Å². The first-order valence-corrected chi connectivity index (χ1v) is 10.9. The highest BCUT2D eigenvalue weighted by Gasteiger charge is 2.17. The summed E-state index contributed by atoms with van der Waals surface area (Å²) < 4.78 is 0. The van der Waals surface area contributed by atoms with Gasteiger partial charge < -0.3 is 10.6 Å². The Labute approximate surface area is 192 Å². The van der Waals surface area contributed by atoms with E-state index >= 15 is 0 Å². The summed E-state index contributed by atoms with van der Waals surface area (Å²) in [5.74, 6) is 0.853. The Morgan fingerprint density at radius 3 is 1.84 bits per heavy atom. The van der Waals surface area contributed by atoms with Gasteiger partial charge in [-0.1, -0.05) is 0 Å². The molecule has 2 N–H and O–H groups in total. The molecule has 10 heteroatoms. The van der Waals surface area contributed by atoms with Crippen LogP contribution in [0.5, 0.6) is 0 Å². The molecule has 2 heterocycles. The molecule has 1 aromatic carbocycles. The van der Waals surface area contributed by atoms with Gasteiger partial charge in [0.05, 0.1) is 11.4 Å². The zero-order valence-electron chi connectivity index (χ0n) is 17.5. The Balaban J connectivity index is 1.56. The van der Waals surface area contributed by atoms with Gasteiger partial charge in [0.1, 0.15) is 0 Å². The molecule has 0 spiro atoms. The van der Waals surface area contributed by atoms with Gasteiger partial charge in [-0.25, -0.2) is 24.8 Å². The SMILES string of the molecule is O=C(CS)NCCCCCNC(=O)c1ccc(N(c2ncccn2)c2ncccn2)cc1. The van der Waals surface area contributed by atoms with Crippen molar-refractivity contribution in [2.45, 2.75) is 19.3 Å². The first kappa shape index (κ1) is 23.1. The number of hydrogen-bond donors (Lipinski definition) is 3. The lowest BCUT2D eigenvalue weighted by Gasteiger charge is -2.20. The minimum absolute atomic E-state index is 0.0682. The van der Waals surface area contributed by atoms with Crippen LogP contribution in [0.1, 0.15) is 29.6 Å². The Morgan fingerprint density at radius 1 is 0.781 bits per heavy atom. The number of thiol groups is 1. The van der Waals surface area contributed by atoms with E-state index < -0.39 is 0 Å².